The maximum absolute atomic E-state index is 13.0. The summed E-state index contributed by atoms with van der Waals surface area (Å²) in [6.45, 7) is 2.42. The van der Waals surface area contributed by atoms with E-state index in [1.54, 1.807) is 12.5 Å². The van der Waals surface area contributed by atoms with Crippen LogP contribution in [0.3, 0.4) is 0 Å². The quantitative estimate of drug-likeness (QED) is 0.337. The van der Waals surface area contributed by atoms with Gasteiger partial charge in [-0.25, -0.2) is 0 Å². The summed E-state index contributed by atoms with van der Waals surface area (Å²) in [5, 5.41) is 12.9. The first-order valence-corrected chi connectivity index (χ1v) is 11.4. The Balaban J connectivity index is 1.39. The Labute approximate surface area is 194 Å². The number of aromatic nitrogens is 4. The van der Waals surface area contributed by atoms with Crippen molar-refractivity contribution in [3.05, 3.63) is 90.8 Å². The number of hydrogen-bond acceptors (Lipinski definition) is 6. The molecule has 8 heteroatoms. The molecule has 0 aliphatic heterocycles. The molecule has 0 aliphatic carbocycles. The van der Waals surface area contributed by atoms with Gasteiger partial charge in [0.2, 0.25) is 11.7 Å². The molecule has 1 N–H and O–H groups in total. The lowest BCUT2D eigenvalue weighted by molar-refractivity contribution is -0.115. The molecule has 164 valence electrons. The predicted octanol–water partition coefficient (Wildman–Crippen LogP) is 5.25. The van der Waals surface area contributed by atoms with Gasteiger partial charge in [-0.2, -0.15) is 0 Å². The highest BCUT2D eigenvalue weighted by Gasteiger charge is 2.22. The molecule has 0 bridgehead atoms. The highest BCUT2D eigenvalue weighted by molar-refractivity contribution is 8.00. The lowest BCUT2D eigenvalue weighted by Crippen LogP contribution is -2.23. The van der Waals surface area contributed by atoms with Gasteiger partial charge in [-0.05, 0) is 48.9 Å². The monoisotopic (exact) mass is 455 g/mol. The SMILES string of the molecule is CC(Sc1nnc(-c2ccco2)n1Cc1ccccc1)C(=O)Nc1cccc2ncccc12. The molecule has 7 nitrogen and oxygen atoms in total. The number of rotatable bonds is 7. The summed E-state index contributed by atoms with van der Waals surface area (Å²) >= 11 is 1.36. The average Bonchev–Trinajstić information content (AvgIpc) is 3.50. The van der Waals surface area contributed by atoms with Crippen LogP contribution in [0.25, 0.3) is 22.5 Å². The number of carbonyl (C=O) groups is 1. The molecule has 33 heavy (non-hydrogen) atoms. The van der Waals surface area contributed by atoms with Crippen molar-refractivity contribution in [2.45, 2.75) is 23.9 Å². The molecule has 0 saturated heterocycles. The van der Waals surface area contributed by atoms with Crippen molar-refractivity contribution in [1.29, 1.82) is 0 Å². The molecule has 0 spiro atoms. The first kappa shape index (κ1) is 21.0. The highest BCUT2D eigenvalue weighted by atomic mass is 32.2. The molecule has 2 aromatic carbocycles. The van der Waals surface area contributed by atoms with Crippen LogP contribution in [0.2, 0.25) is 0 Å². The lowest BCUT2D eigenvalue weighted by atomic mass is 10.2. The van der Waals surface area contributed by atoms with Gasteiger partial charge in [-0.3, -0.25) is 14.3 Å². The fraction of sp³-hybridized carbons (Fsp3) is 0.120. The zero-order valence-corrected chi connectivity index (χ0v) is 18.7. The van der Waals surface area contributed by atoms with Crippen LogP contribution >= 0.6 is 11.8 Å². The zero-order chi connectivity index (χ0) is 22.6. The highest BCUT2D eigenvalue weighted by Crippen LogP contribution is 2.29. The van der Waals surface area contributed by atoms with E-state index in [1.807, 2.05) is 84.3 Å². The van der Waals surface area contributed by atoms with Crippen molar-refractivity contribution in [3.8, 4) is 11.6 Å². The van der Waals surface area contributed by atoms with Crippen LogP contribution in [-0.2, 0) is 11.3 Å². The summed E-state index contributed by atoms with van der Waals surface area (Å²) in [5.74, 6) is 1.13. The van der Waals surface area contributed by atoms with Gasteiger partial charge >= 0.3 is 0 Å². The van der Waals surface area contributed by atoms with E-state index in [0.29, 0.717) is 23.3 Å². The third-order valence-electron chi connectivity index (χ3n) is 5.20. The fourth-order valence-corrected chi connectivity index (χ4v) is 4.38. The van der Waals surface area contributed by atoms with Gasteiger partial charge in [0.05, 0.1) is 29.3 Å². The second-order valence-corrected chi connectivity index (χ2v) is 8.79. The zero-order valence-electron chi connectivity index (χ0n) is 17.9. The van der Waals surface area contributed by atoms with Gasteiger partial charge in [0.25, 0.3) is 0 Å². The van der Waals surface area contributed by atoms with E-state index >= 15 is 0 Å². The van der Waals surface area contributed by atoms with Gasteiger partial charge in [0.15, 0.2) is 10.9 Å². The minimum Gasteiger partial charge on any atom is -0.461 e. The third-order valence-corrected chi connectivity index (χ3v) is 6.28. The molecule has 1 unspecified atom stereocenters. The molecule has 3 aromatic heterocycles. The number of amides is 1. The number of anilines is 1. The van der Waals surface area contributed by atoms with Crippen molar-refractivity contribution >= 4 is 34.3 Å². The molecular weight excluding hydrogens is 434 g/mol. The van der Waals surface area contributed by atoms with Gasteiger partial charge in [-0.1, -0.05) is 48.2 Å². The van der Waals surface area contributed by atoms with Gasteiger partial charge in [0, 0.05) is 11.6 Å². The van der Waals surface area contributed by atoms with Crippen LogP contribution in [0.1, 0.15) is 12.5 Å². The van der Waals surface area contributed by atoms with Gasteiger partial charge < -0.3 is 9.73 Å². The van der Waals surface area contributed by atoms with E-state index in [4.69, 9.17) is 4.42 Å². The summed E-state index contributed by atoms with van der Waals surface area (Å²) in [5.41, 5.74) is 2.67. The van der Waals surface area contributed by atoms with Crippen molar-refractivity contribution in [2.24, 2.45) is 0 Å². The Kier molecular flexibility index (Phi) is 5.91. The number of furan rings is 1. The second-order valence-electron chi connectivity index (χ2n) is 7.48. The van der Waals surface area contributed by atoms with Crippen LogP contribution in [0.15, 0.2) is 94.8 Å². The topological polar surface area (TPSA) is 85.8 Å². The lowest BCUT2D eigenvalue weighted by Gasteiger charge is -2.14. The molecule has 0 fully saturated rings. The molecule has 1 amide bonds. The molecule has 3 heterocycles. The molecular formula is C25H21N5O2S. The fourth-order valence-electron chi connectivity index (χ4n) is 3.53. The van der Waals surface area contributed by atoms with Crippen LogP contribution in [0.4, 0.5) is 5.69 Å². The van der Waals surface area contributed by atoms with E-state index in [1.165, 1.54) is 11.8 Å². The Morgan fingerprint density at radius 2 is 1.91 bits per heavy atom. The van der Waals surface area contributed by atoms with Gasteiger partial charge in [-0.15, -0.1) is 10.2 Å². The number of benzene rings is 2. The van der Waals surface area contributed by atoms with E-state index in [9.17, 15) is 4.79 Å². The number of fused-ring (bicyclic) bond motifs is 1. The molecule has 0 saturated carbocycles. The molecule has 0 aliphatic rings. The third kappa shape index (κ3) is 4.51. The van der Waals surface area contributed by atoms with Crippen molar-refractivity contribution in [2.75, 3.05) is 5.32 Å². The van der Waals surface area contributed by atoms with Gasteiger partial charge in [0.1, 0.15) is 0 Å². The van der Waals surface area contributed by atoms with E-state index in [-0.39, 0.29) is 5.91 Å². The molecule has 0 radical (unpaired) electrons. The van der Waals surface area contributed by atoms with Crippen molar-refractivity contribution in [1.82, 2.24) is 19.7 Å². The number of pyridine rings is 1. The maximum atomic E-state index is 13.0. The summed E-state index contributed by atoms with van der Waals surface area (Å²) in [6.07, 6.45) is 3.35. The number of thioether (sulfide) groups is 1. The summed E-state index contributed by atoms with van der Waals surface area (Å²) in [7, 11) is 0. The first-order chi connectivity index (χ1) is 16.2. The largest absolute Gasteiger partial charge is 0.461 e. The minimum atomic E-state index is -0.403. The standard InChI is InChI=1S/C25H21N5O2S/c1-17(24(31)27-21-12-5-11-20-19(21)10-6-14-26-20)33-25-29-28-23(22-13-7-15-32-22)30(25)16-18-8-3-2-4-9-18/h2-15,17H,16H2,1H3,(H,27,31). The van der Waals surface area contributed by atoms with E-state index < -0.39 is 5.25 Å². The summed E-state index contributed by atoms with van der Waals surface area (Å²) in [4.78, 5) is 17.4. The van der Waals surface area contributed by atoms with Crippen LogP contribution in [0, 0.1) is 0 Å². The van der Waals surface area contributed by atoms with E-state index in [2.05, 4.69) is 20.5 Å². The van der Waals surface area contributed by atoms with E-state index in [0.717, 1.165) is 22.2 Å². The van der Waals surface area contributed by atoms with Crippen LogP contribution < -0.4 is 5.32 Å². The maximum Gasteiger partial charge on any atom is 0.237 e. The second kappa shape index (κ2) is 9.30. The number of hydrogen-bond donors (Lipinski definition) is 1. The van der Waals surface area contributed by atoms with Crippen molar-refractivity contribution < 1.29 is 9.21 Å². The van der Waals surface area contributed by atoms with Crippen molar-refractivity contribution in [3.63, 3.8) is 0 Å². The number of nitrogens with one attached hydrogen (secondary N) is 1. The average molecular weight is 456 g/mol. The molecule has 1 atom stereocenters. The normalized spacial score (nSPS) is 12.0. The Morgan fingerprint density at radius 1 is 1.03 bits per heavy atom. The summed E-state index contributed by atoms with van der Waals surface area (Å²) < 4.78 is 7.54. The Bertz CT molecular complexity index is 1380. The van der Waals surface area contributed by atoms with Crippen LogP contribution in [-0.4, -0.2) is 30.9 Å². The minimum absolute atomic E-state index is 0.120. The smallest absolute Gasteiger partial charge is 0.237 e. The van der Waals surface area contributed by atoms with Crippen LogP contribution in [0.5, 0.6) is 0 Å². The number of nitrogens with zero attached hydrogens (tertiary/aromatic N) is 4. The predicted molar refractivity (Wildman–Crippen MR) is 129 cm³/mol. The molecule has 5 rings (SSSR count). The first-order valence-electron chi connectivity index (χ1n) is 10.5. The number of carbonyl (C=O) groups excluding carboxylic acids is 1. The molecule has 5 aromatic rings. The Hall–Kier alpha value is -3.91. The summed E-state index contributed by atoms with van der Waals surface area (Å²) in [6, 6.07) is 23.2. The Morgan fingerprint density at radius 3 is 2.73 bits per heavy atom.